The fraction of sp³-hybridized carbons (Fsp3) is 0.500. The van der Waals surface area contributed by atoms with Crippen LogP contribution in [0.15, 0.2) is 30.3 Å². The lowest BCUT2D eigenvalue weighted by molar-refractivity contribution is -0.371. The lowest BCUT2D eigenvalue weighted by Crippen LogP contribution is -2.41. The Hall–Kier alpha value is -0.910. The minimum absolute atomic E-state index is 0.530. The third-order valence-corrected chi connectivity index (χ3v) is 3.22. The molecule has 106 valence electrons. The van der Waals surface area contributed by atoms with Crippen molar-refractivity contribution in [1.82, 2.24) is 0 Å². The number of ether oxygens (including phenoxy) is 1. The molecule has 19 heavy (non-hydrogen) atoms. The van der Waals surface area contributed by atoms with E-state index in [0.717, 1.165) is 19.3 Å². The van der Waals surface area contributed by atoms with E-state index < -0.39 is 13.6 Å². The highest BCUT2D eigenvalue weighted by Crippen LogP contribution is 2.42. The van der Waals surface area contributed by atoms with Crippen molar-refractivity contribution in [1.29, 1.82) is 0 Å². The van der Waals surface area contributed by atoms with Gasteiger partial charge in [0.15, 0.2) is 0 Å². The molecule has 7 heteroatoms. The first-order chi connectivity index (χ1) is 8.99. The van der Waals surface area contributed by atoms with Gasteiger partial charge in [0.1, 0.15) is 5.75 Å². The highest BCUT2D eigenvalue weighted by atomic mass is 31.2. The Labute approximate surface area is 111 Å². The van der Waals surface area contributed by atoms with Crippen LogP contribution >= 0.6 is 7.82 Å². The third-order valence-electron chi connectivity index (χ3n) is 2.95. The Morgan fingerprint density at radius 3 is 2.26 bits per heavy atom. The summed E-state index contributed by atoms with van der Waals surface area (Å²) in [7, 11) is -4.68. The van der Waals surface area contributed by atoms with Crippen LogP contribution in [0.1, 0.15) is 32.1 Å². The molecule has 1 aromatic rings. The Balaban J connectivity index is 2.08. The van der Waals surface area contributed by atoms with Gasteiger partial charge in [-0.2, -0.15) is 4.89 Å². The van der Waals surface area contributed by atoms with Crippen LogP contribution in [0.3, 0.4) is 0 Å². The molecule has 0 spiro atoms. The van der Waals surface area contributed by atoms with Gasteiger partial charge in [-0.05, 0) is 25.0 Å². The van der Waals surface area contributed by atoms with Gasteiger partial charge in [0.2, 0.25) is 5.79 Å². The molecule has 1 saturated carbocycles. The molecule has 1 fully saturated rings. The molecule has 0 radical (unpaired) electrons. The van der Waals surface area contributed by atoms with Crippen molar-refractivity contribution in [2.45, 2.75) is 37.9 Å². The molecular formula is C12H17O6P. The predicted molar refractivity (Wildman–Crippen MR) is 67.1 cm³/mol. The number of rotatable bonds is 5. The molecule has 0 amide bonds. The number of benzene rings is 1. The van der Waals surface area contributed by atoms with Gasteiger partial charge in [-0.3, -0.25) is 0 Å². The monoisotopic (exact) mass is 288 g/mol. The van der Waals surface area contributed by atoms with Crippen molar-refractivity contribution in [2.75, 3.05) is 0 Å². The largest absolute Gasteiger partial charge is 0.497 e. The van der Waals surface area contributed by atoms with E-state index in [1.807, 2.05) is 18.2 Å². The SMILES string of the molecule is O=P(O)(O)OOC1(Oc2ccccc2)CCCCC1. The van der Waals surface area contributed by atoms with E-state index in [1.165, 1.54) is 0 Å². The van der Waals surface area contributed by atoms with Crippen molar-refractivity contribution >= 4 is 7.82 Å². The molecule has 0 heterocycles. The molecule has 2 N–H and O–H groups in total. The Kier molecular flexibility index (Phi) is 4.60. The average Bonchev–Trinajstić information content (AvgIpc) is 2.38. The molecule has 6 nitrogen and oxygen atoms in total. The maximum absolute atomic E-state index is 10.8. The van der Waals surface area contributed by atoms with Crippen molar-refractivity contribution in [3.63, 3.8) is 0 Å². The van der Waals surface area contributed by atoms with E-state index >= 15 is 0 Å². The maximum atomic E-state index is 10.8. The van der Waals surface area contributed by atoms with E-state index in [4.69, 9.17) is 19.4 Å². The molecule has 0 bridgehead atoms. The van der Waals surface area contributed by atoms with Crippen molar-refractivity contribution in [3.8, 4) is 5.75 Å². The first kappa shape index (κ1) is 14.5. The zero-order chi connectivity index (χ0) is 13.8. The first-order valence-corrected chi connectivity index (χ1v) is 7.69. The standard InChI is InChI=1S/C12H17O6P/c13-19(14,15)18-17-12(9-5-2-6-10-12)16-11-7-3-1-4-8-11/h1,3-4,7-8H,2,5-6,9-10H2,(H2,13,14,15). The normalized spacial score (nSPS) is 19.1. The van der Waals surface area contributed by atoms with Crippen LogP contribution in [-0.4, -0.2) is 15.6 Å². The summed E-state index contributed by atoms with van der Waals surface area (Å²) in [6.45, 7) is 0. The molecule has 0 unspecified atom stereocenters. The van der Waals surface area contributed by atoms with Crippen molar-refractivity contribution < 1.29 is 28.7 Å². The lowest BCUT2D eigenvalue weighted by atomic mass is 9.94. The van der Waals surface area contributed by atoms with Crippen LogP contribution in [0.25, 0.3) is 0 Å². The number of para-hydroxylation sites is 1. The molecule has 0 aliphatic heterocycles. The second-order valence-electron chi connectivity index (χ2n) is 4.53. The summed E-state index contributed by atoms with van der Waals surface area (Å²) in [5.74, 6) is -0.542. The fourth-order valence-electron chi connectivity index (χ4n) is 2.11. The van der Waals surface area contributed by atoms with E-state index in [9.17, 15) is 4.57 Å². The van der Waals surface area contributed by atoms with Crippen LogP contribution in [-0.2, 0) is 14.1 Å². The molecular weight excluding hydrogens is 271 g/mol. The number of phosphoric acid groups is 1. The van der Waals surface area contributed by atoms with Crippen LogP contribution in [0, 0.1) is 0 Å². The second kappa shape index (κ2) is 6.03. The van der Waals surface area contributed by atoms with Gasteiger partial charge in [0, 0.05) is 12.8 Å². The smallest absolute Gasteiger partial charge is 0.460 e. The van der Waals surface area contributed by atoms with Gasteiger partial charge in [-0.15, -0.1) is 4.67 Å². The van der Waals surface area contributed by atoms with Gasteiger partial charge >= 0.3 is 7.82 Å². The van der Waals surface area contributed by atoms with Crippen LogP contribution in [0.5, 0.6) is 5.75 Å². The molecule has 1 aliphatic rings. The molecule has 1 aliphatic carbocycles. The van der Waals surface area contributed by atoms with E-state index in [0.29, 0.717) is 18.6 Å². The fourth-order valence-corrected chi connectivity index (χ4v) is 2.35. The first-order valence-electron chi connectivity index (χ1n) is 6.16. The number of hydrogen-bond acceptors (Lipinski definition) is 4. The minimum Gasteiger partial charge on any atom is -0.460 e. The van der Waals surface area contributed by atoms with Gasteiger partial charge in [0.05, 0.1) is 0 Å². The molecule has 2 rings (SSSR count). The average molecular weight is 288 g/mol. The number of hydrogen-bond donors (Lipinski definition) is 2. The zero-order valence-corrected chi connectivity index (χ0v) is 11.3. The second-order valence-corrected chi connectivity index (χ2v) is 5.67. The quantitative estimate of drug-likeness (QED) is 0.375. The molecule has 0 aromatic heterocycles. The highest BCUT2D eigenvalue weighted by molar-refractivity contribution is 7.46. The maximum Gasteiger partial charge on any atom is 0.497 e. The summed E-state index contributed by atoms with van der Waals surface area (Å²) < 4.78 is 20.7. The van der Waals surface area contributed by atoms with Crippen LogP contribution < -0.4 is 4.74 Å². The van der Waals surface area contributed by atoms with Crippen LogP contribution in [0.4, 0.5) is 0 Å². The zero-order valence-electron chi connectivity index (χ0n) is 10.4. The van der Waals surface area contributed by atoms with E-state index in [2.05, 4.69) is 4.67 Å². The lowest BCUT2D eigenvalue weighted by Gasteiger charge is -2.35. The minimum atomic E-state index is -4.68. The Morgan fingerprint density at radius 1 is 1.05 bits per heavy atom. The topological polar surface area (TPSA) is 85.2 Å². The summed E-state index contributed by atoms with van der Waals surface area (Å²) in [5.41, 5.74) is 0. The van der Waals surface area contributed by atoms with E-state index in [1.54, 1.807) is 12.1 Å². The summed E-state index contributed by atoms with van der Waals surface area (Å²) in [6, 6.07) is 9.01. The predicted octanol–water partition coefficient (Wildman–Crippen LogP) is 2.77. The van der Waals surface area contributed by atoms with Crippen molar-refractivity contribution in [2.24, 2.45) is 0 Å². The highest BCUT2D eigenvalue weighted by Gasteiger charge is 2.39. The van der Waals surface area contributed by atoms with Crippen molar-refractivity contribution in [3.05, 3.63) is 30.3 Å². The summed E-state index contributed by atoms with van der Waals surface area (Å²) in [5, 5.41) is 0. The van der Waals surface area contributed by atoms with Gasteiger partial charge in [0.25, 0.3) is 0 Å². The Bertz CT molecular complexity index is 437. The third kappa shape index (κ3) is 4.60. The Morgan fingerprint density at radius 2 is 1.68 bits per heavy atom. The summed E-state index contributed by atoms with van der Waals surface area (Å²) in [6.07, 6.45) is 3.82. The van der Waals surface area contributed by atoms with Gasteiger partial charge < -0.3 is 14.5 Å². The molecule has 0 atom stereocenters. The van der Waals surface area contributed by atoms with Gasteiger partial charge in [-0.25, -0.2) is 4.57 Å². The van der Waals surface area contributed by atoms with Gasteiger partial charge in [-0.1, -0.05) is 24.6 Å². The summed E-state index contributed by atoms with van der Waals surface area (Å²) in [4.78, 5) is 22.4. The molecule has 1 aromatic carbocycles. The van der Waals surface area contributed by atoms with E-state index in [-0.39, 0.29) is 0 Å². The summed E-state index contributed by atoms with van der Waals surface area (Å²) >= 11 is 0. The van der Waals surface area contributed by atoms with Crippen LogP contribution in [0.2, 0.25) is 0 Å². The molecule has 0 saturated heterocycles.